The minimum atomic E-state index is -0.261. The van der Waals surface area contributed by atoms with Crippen LogP contribution in [0.5, 0.6) is 5.75 Å². The van der Waals surface area contributed by atoms with Crippen molar-refractivity contribution in [1.82, 2.24) is 0 Å². The first-order valence-corrected chi connectivity index (χ1v) is 10.3. The zero-order valence-electron chi connectivity index (χ0n) is 16.3. The maximum Gasteiger partial charge on any atom is 0.259 e. The molecule has 0 aliphatic heterocycles. The summed E-state index contributed by atoms with van der Waals surface area (Å²) >= 11 is 3.41. The summed E-state index contributed by atoms with van der Waals surface area (Å²) < 4.78 is 6.60. The molecule has 1 saturated carbocycles. The van der Waals surface area contributed by atoms with E-state index < -0.39 is 0 Å². The molecular weight excluding hydrogens is 420 g/mol. The number of benzene rings is 2. The molecule has 0 bridgehead atoms. The fraction of sp³-hybridized carbons (Fsp3) is 0.364. The second-order valence-corrected chi connectivity index (χ2v) is 8.51. The normalized spacial score (nSPS) is 13.3. The SMILES string of the molecule is Cc1ccc(NC(=O)c2cc(Br)ccc2OCC(C)C)cc1NC(=O)C1CC1. The van der Waals surface area contributed by atoms with Gasteiger partial charge in [0.2, 0.25) is 5.91 Å². The molecule has 2 aromatic carbocycles. The number of rotatable bonds is 7. The molecule has 0 heterocycles. The van der Waals surface area contributed by atoms with E-state index in [0.29, 0.717) is 29.5 Å². The molecule has 0 atom stereocenters. The van der Waals surface area contributed by atoms with Crippen molar-refractivity contribution in [3.05, 3.63) is 52.0 Å². The van der Waals surface area contributed by atoms with Gasteiger partial charge < -0.3 is 15.4 Å². The quantitative estimate of drug-likeness (QED) is 0.600. The Morgan fingerprint density at radius 2 is 1.89 bits per heavy atom. The molecular formula is C22H25BrN2O3. The van der Waals surface area contributed by atoms with Crippen molar-refractivity contribution in [3.63, 3.8) is 0 Å². The largest absolute Gasteiger partial charge is 0.492 e. The van der Waals surface area contributed by atoms with Gasteiger partial charge in [-0.25, -0.2) is 0 Å². The van der Waals surface area contributed by atoms with E-state index in [1.54, 1.807) is 18.2 Å². The fourth-order valence-corrected chi connectivity index (χ4v) is 3.04. The molecule has 2 amide bonds. The Balaban J connectivity index is 1.77. The van der Waals surface area contributed by atoms with Gasteiger partial charge in [-0.1, -0.05) is 35.8 Å². The maximum atomic E-state index is 12.9. The number of ether oxygens (including phenoxy) is 1. The van der Waals surface area contributed by atoms with Crippen LogP contribution in [0, 0.1) is 18.8 Å². The third-order valence-corrected chi connectivity index (χ3v) is 4.95. The van der Waals surface area contributed by atoms with Crippen molar-refractivity contribution in [2.75, 3.05) is 17.2 Å². The second-order valence-electron chi connectivity index (χ2n) is 7.59. The Labute approximate surface area is 174 Å². The van der Waals surface area contributed by atoms with Crippen molar-refractivity contribution < 1.29 is 14.3 Å². The second kappa shape index (κ2) is 8.78. The van der Waals surface area contributed by atoms with Crippen molar-refractivity contribution in [2.45, 2.75) is 33.6 Å². The van der Waals surface area contributed by atoms with Crippen LogP contribution in [-0.4, -0.2) is 18.4 Å². The van der Waals surface area contributed by atoms with Crippen LogP contribution in [0.3, 0.4) is 0 Å². The van der Waals surface area contributed by atoms with Gasteiger partial charge in [-0.3, -0.25) is 9.59 Å². The number of carbonyl (C=O) groups is 2. The van der Waals surface area contributed by atoms with Crippen LogP contribution in [0.25, 0.3) is 0 Å². The molecule has 148 valence electrons. The third kappa shape index (κ3) is 5.35. The Morgan fingerprint density at radius 1 is 1.14 bits per heavy atom. The van der Waals surface area contributed by atoms with Crippen molar-refractivity contribution in [3.8, 4) is 5.75 Å². The maximum absolute atomic E-state index is 12.9. The van der Waals surface area contributed by atoms with Crippen LogP contribution in [0.1, 0.15) is 42.6 Å². The lowest BCUT2D eigenvalue weighted by atomic mass is 10.1. The van der Waals surface area contributed by atoms with Gasteiger partial charge in [-0.05, 0) is 61.6 Å². The smallest absolute Gasteiger partial charge is 0.259 e. The first kappa shape index (κ1) is 20.4. The van der Waals surface area contributed by atoms with Gasteiger partial charge in [0.05, 0.1) is 12.2 Å². The van der Waals surface area contributed by atoms with E-state index in [2.05, 4.69) is 40.4 Å². The van der Waals surface area contributed by atoms with E-state index in [4.69, 9.17) is 4.74 Å². The molecule has 2 N–H and O–H groups in total. The summed E-state index contributed by atoms with van der Waals surface area (Å²) in [6, 6.07) is 10.9. The predicted molar refractivity (Wildman–Crippen MR) is 115 cm³/mol. The fourth-order valence-electron chi connectivity index (χ4n) is 2.68. The number of nitrogens with one attached hydrogen (secondary N) is 2. The predicted octanol–water partition coefficient (Wildman–Crippen LogP) is 5.39. The Kier molecular flexibility index (Phi) is 6.39. The lowest BCUT2D eigenvalue weighted by Gasteiger charge is -2.15. The number of carbonyl (C=O) groups excluding carboxylic acids is 2. The Morgan fingerprint density at radius 3 is 2.57 bits per heavy atom. The lowest BCUT2D eigenvalue weighted by Crippen LogP contribution is -2.16. The summed E-state index contributed by atoms with van der Waals surface area (Å²) in [5.41, 5.74) is 2.76. The first-order chi connectivity index (χ1) is 13.3. The number of aryl methyl sites for hydroxylation is 1. The lowest BCUT2D eigenvalue weighted by molar-refractivity contribution is -0.117. The average Bonchev–Trinajstić information content (AvgIpc) is 3.48. The van der Waals surface area contributed by atoms with Crippen LogP contribution in [0.4, 0.5) is 11.4 Å². The van der Waals surface area contributed by atoms with Gasteiger partial charge in [0.1, 0.15) is 5.75 Å². The number of amides is 2. The molecule has 0 aromatic heterocycles. The number of halogens is 1. The van der Waals surface area contributed by atoms with Gasteiger partial charge in [0.25, 0.3) is 5.91 Å². The van der Waals surface area contributed by atoms with E-state index >= 15 is 0 Å². The van der Waals surface area contributed by atoms with Gasteiger partial charge in [-0.15, -0.1) is 0 Å². The zero-order chi connectivity index (χ0) is 20.3. The zero-order valence-corrected chi connectivity index (χ0v) is 17.9. The molecule has 1 fully saturated rings. The van der Waals surface area contributed by atoms with Gasteiger partial charge >= 0.3 is 0 Å². The standard InChI is InChI=1S/C22H25BrN2O3/c1-13(2)12-28-20-9-7-16(23)10-18(20)22(27)24-17-8-4-14(3)19(11-17)25-21(26)15-5-6-15/h4,7-11,13,15H,5-6,12H2,1-3H3,(H,24,27)(H,25,26). The summed E-state index contributed by atoms with van der Waals surface area (Å²) in [6.45, 7) is 6.58. The minimum absolute atomic E-state index is 0.0444. The molecule has 6 heteroatoms. The van der Waals surface area contributed by atoms with Crippen molar-refractivity contribution >= 4 is 39.1 Å². The highest BCUT2D eigenvalue weighted by atomic mass is 79.9. The van der Waals surface area contributed by atoms with Gasteiger partial charge in [0, 0.05) is 21.8 Å². The molecule has 0 radical (unpaired) electrons. The van der Waals surface area contributed by atoms with E-state index in [1.807, 2.05) is 25.1 Å². The van der Waals surface area contributed by atoms with Crippen molar-refractivity contribution in [1.29, 1.82) is 0 Å². The highest BCUT2D eigenvalue weighted by Crippen LogP contribution is 2.31. The van der Waals surface area contributed by atoms with Crippen LogP contribution in [0.15, 0.2) is 40.9 Å². The van der Waals surface area contributed by atoms with E-state index in [0.717, 1.165) is 28.6 Å². The van der Waals surface area contributed by atoms with E-state index in [9.17, 15) is 9.59 Å². The molecule has 1 aliphatic rings. The van der Waals surface area contributed by atoms with Crippen LogP contribution in [0.2, 0.25) is 0 Å². The van der Waals surface area contributed by atoms with E-state index in [-0.39, 0.29) is 17.7 Å². The molecule has 2 aromatic rings. The molecule has 1 aliphatic carbocycles. The van der Waals surface area contributed by atoms with Crippen LogP contribution in [-0.2, 0) is 4.79 Å². The summed E-state index contributed by atoms with van der Waals surface area (Å²) in [4.78, 5) is 24.9. The van der Waals surface area contributed by atoms with E-state index in [1.165, 1.54) is 0 Å². The van der Waals surface area contributed by atoms with Crippen molar-refractivity contribution in [2.24, 2.45) is 11.8 Å². The number of hydrogen-bond acceptors (Lipinski definition) is 3. The molecule has 28 heavy (non-hydrogen) atoms. The monoisotopic (exact) mass is 444 g/mol. The number of anilines is 2. The van der Waals surface area contributed by atoms with Crippen LogP contribution >= 0.6 is 15.9 Å². The molecule has 0 unspecified atom stereocenters. The topological polar surface area (TPSA) is 67.4 Å². The van der Waals surface area contributed by atoms with Gasteiger partial charge in [-0.2, -0.15) is 0 Å². The highest BCUT2D eigenvalue weighted by Gasteiger charge is 2.29. The third-order valence-electron chi connectivity index (χ3n) is 4.46. The average molecular weight is 445 g/mol. The highest BCUT2D eigenvalue weighted by molar-refractivity contribution is 9.10. The molecule has 0 saturated heterocycles. The first-order valence-electron chi connectivity index (χ1n) is 9.48. The molecule has 3 rings (SSSR count). The van der Waals surface area contributed by atoms with Crippen LogP contribution < -0.4 is 15.4 Å². The summed E-state index contributed by atoms with van der Waals surface area (Å²) in [5.74, 6) is 0.810. The molecule has 5 nitrogen and oxygen atoms in total. The number of hydrogen-bond donors (Lipinski definition) is 2. The Hall–Kier alpha value is -2.34. The summed E-state index contributed by atoms with van der Waals surface area (Å²) in [5, 5.41) is 5.86. The Bertz CT molecular complexity index is 891. The summed E-state index contributed by atoms with van der Waals surface area (Å²) in [6.07, 6.45) is 1.90. The van der Waals surface area contributed by atoms with Gasteiger partial charge in [0.15, 0.2) is 0 Å². The minimum Gasteiger partial charge on any atom is -0.492 e. The summed E-state index contributed by atoms with van der Waals surface area (Å²) in [7, 11) is 0. The molecule has 0 spiro atoms.